The zero-order chi connectivity index (χ0) is 26.4. The van der Waals surface area contributed by atoms with Gasteiger partial charge in [0.1, 0.15) is 13.2 Å². The van der Waals surface area contributed by atoms with Gasteiger partial charge in [-0.05, 0) is 5.56 Å². The van der Waals surface area contributed by atoms with Crippen LogP contribution in [-0.2, 0) is 42.0 Å². The fourth-order valence-corrected chi connectivity index (χ4v) is 3.01. The van der Waals surface area contributed by atoms with Gasteiger partial charge < -0.3 is 26.0 Å². The van der Waals surface area contributed by atoms with Crippen LogP contribution in [-0.4, -0.2) is 84.8 Å². The lowest BCUT2D eigenvalue weighted by atomic mass is 10.2. The van der Waals surface area contributed by atoms with Crippen molar-refractivity contribution in [2.75, 3.05) is 25.9 Å². The van der Waals surface area contributed by atoms with Crippen LogP contribution in [0.25, 0.3) is 0 Å². The topological polar surface area (TPSA) is 214 Å². The lowest BCUT2D eigenvalue weighted by molar-refractivity contribution is -0.127. The van der Waals surface area contributed by atoms with Crippen LogP contribution in [0.4, 0.5) is 4.79 Å². The molecular weight excluding hydrogens is 496 g/mol. The maximum absolute atomic E-state index is 12.2. The van der Waals surface area contributed by atoms with Crippen molar-refractivity contribution in [1.29, 1.82) is 0 Å². The average molecular weight is 523 g/mol. The van der Waals surface area contributed by atoms with E-state index in [4.69, 9.17) is 4.74 Å². The second kappa shape index (κ2) is 14.1. The summed E-state index contributed by atoms with van der Waals surface area (Å²) in [4.78, 5) is 47.5. The third kappa shape index (κ3) is 12.2. The number of benzene rings is 1. The van der Waals surface area contributed by atoms with E-state index in [0.717, 1.165) is 17.2 Å². The number of aromatic nitrogens is 4. The molecule has 0 spiro atoms. The maximum atomic E-state index is 12.2. The van der Waals surface area contributed by atoms with Crippen LogP contribution in [0, 0.1) is 0 Å². The van der Waals surface area contributed by atoms with Crippen molar-refractivity contribution in [2.24, 2.45) is 0 Å². The maximum Gasteiger partial charge on any atom is 0.407 e. The van der Waals surface area contributed by atoms with Crippen LogP contribution in [0.5, 0.6) is 0 Å². The van der Waals surface area contributed by atoms with Crippen molar-refractivity contribution in [3.8, 4) is 0 Å². The molecular formula is C20H26N8O7S. The van der Waals surface area contributed by atoms with Gasteiger partial charge in [-0.3, -0.25) is 14.4 Å². The molecule has 1 aromatic carbocycles. The Hall–Kier alpha value is -4.34. The Balaban J connectivity index is 1.67. The van der Waals surface area contributed by atoms with Crippen molar-refractivity contribution in [2.45, 2.75) is 19.1 Å². The van der Waals surface area contributed by atoms with Gasteiger partial charge in [0.25, 0.3) is 0 Å². The summed E-state index contributed by atoms with van der Waals surface area (Å²) >= 11 is 0. The molecule has 5 N–H and O–H groups in total. The number of nitrogens with one attached hydrogen (secondary N) is 5. The number of H-pyrrole nitrogens is 1. The molecule has 1 atom stereocenters. The molecule has 4 amide bonds. The smallest absolute Gasteiger partial charge is 0.407 e. The first-order valence-electron chi connectivity index (χ1n) is 10.5. The number of alkyl carbamates (subject to hydrolysis) is 1. The molecule has 0 radical (unpaired) electrons. The van der Waals surface area contributed by atoms with Crippen LogP contribution in [0.3, 0.4) is 0 Å². The number of carbonyl (C=O) groups excluding carboxylic acids is 4. The summed E-state index contributed by atoms with van der Waals surface area (Å²) in [7, 11) is -3.44. The number of hydrogen-bond donors (Lipinski definition) is 5. The van der Waals surface area contributed by atoms with Gasteiger partial charge >= 0.3 is 6.09 Å². The third-order valence-electron chi connectivity index (χ3n) is 4.19. The molecule has 15 nitrogen and oxygen atoms in total. The van der Waals surface area contributed by atoms with E-state index < -0.39 is 59.3 Å². The summed E-state index contributed by atoms with van der Waals surface area (Å²) in [6.07, 6.45) is 1.51. The summed E-state index contributed by atoms with van der Waals surface area (Å²) in [5.41, 5.74) is 0.783. The summed E-state index contributed by atoms with van der Waals surface area (Å²) in [5.74, 6) is -1.68. The van der Waals surface area contributed by atoms with E-state index in [2.05, 4.69) is 41.9 Å². The third-order valence-corrected chi connectivity index (χ3v) is 4.85. The van der Waals surface area contributed by atoms with Gasteiger partial charge in [0, 0.05) is 18.1 Å². The average Bonchev–Trinajstić information content (AvgIpc) is 3.35. The highest BCUT2D eigenvalue weighted by molar-refractivity contribution is 7.93. The summed E-state index contributed by atoms with van der Waals surface area (Å²) in [6.45, 7) is -1.24. The molecule has 0 bridgehead atoms. The minimum absolute atomic E-state index is 0.0404. The van der Waals surface area contributed by atoms with Crippen LogP contribution >= 0.6 is 0 Å². The summed E-state index contributed by atoms with van der Waals surface area (Å²) in [5, 5.41) is 23.4. The fraction of sp³-hybridized carbons (Fsp3) is 0.350. The predicted molar refractivity (Wildman–Crippen MR) is 124 cm³/mol. The first-order valence-corrected chi connectivity index (χ1v) is 12.4. The van der Waals surface area contributed by atoms with Crippen LogP contribution in [0.2, 0.25) is 0 Å². The van der Waals surface area contributed by atoms with E-state index in [0.29, 0.717) is 0 Å². The Labute approximate surface area is 206 Å². The molecule has 0 unspecified atom stereocenters. The number of nitrogens with zero attached hydrogens (tertiary/aromatic N) is 3. The quantitative estimate of drug-likeness (QED) is 0.194. The number of carbonyl (C=O) groups is 4. The minimum Gasteiger partial charge on any atom is -0.445 e. The van der Waals surface area contributed by atoms with Gasteiger partial charge in [-0.2, -0.15) is 5.21 Å². The molecule has 0 saturated heterocycles. The molecule has 1 aromatic heterocycles. The molecule has 0 fully saturated rings. The predicted octanol–water partition coefficient (Wildman–Crippen LogP) is -2.06. The zero-order valence-electron chi connectivity index (χ0n) is 19.3. The Bertz CT molecular complexity index is 1150. The van der Waals surface area contributed by atoms with Crippen molar-refractivity contribution >= 4 is 33.7 Å². The number of sulfone groups is 1. The first-order chi connectivity index (χ1) is 17.1. The number of ether oxygens (including phenoxy) is 1. The molecule has 0 aliphatic heterocycles. The molecule has 0 saturated carbocycles. The van der Waals surface area contributed by atoms with E-state index in [9.17, 15) is 27.6 Å². The standard InChI is InChI=1S/C20H26N8O7S/c1-36(33,34)8-7-15(9-16-25-27-28-26-16)24-19(31)12-22-17(29)10-21-18(30)11-23-20(32)35-13-14-5-3-2-4-6-14/h2-8,15H,9-13H2,1H3,(H,21,30)(H,22,29)(H,23,32)(H,24,31)(H,25,26,27,28)/b8-7+/t15-/m1/s1. The zero-order valence-corrected chi connectivity index (χ0v) is 20.1. The lowest BCUT2D eigenvalue weighted by Gasteiger charge is -2.14. The molecule has 2 rings (SSSR count). The monoisotopic (exact) mass is 522 g/mol. The van der Waals surface area contributed by atoms with Gasteiger partial charge in [0.2, 0.25) is 17.7 Å². The Morgan fingerprint density at radius 1 is 1.00 bits per heavy atom. The second-order valence-corrected chi connectivity index (χ2v) is 9.26. The Kier molecular flexibility index (Phi) is 11.0. The fourth-order valence-electron chi connectivity index (χ4n) is 2.54. The number of tetrazole rings is 1. The molecule has 2 aromatic rings. The first kappa shape index (κ1) is 27.9. The Morgan fingerprint density at radius 2 is 1.64 bits per heavy atom. The van der Waals surface area contributed by atoms with Crippen molar-refractivity contribution in [3.63, 3.8) is 0 Å². The van der Waals surface area contributed by atoms with Crippen LogP contribution < -0.4 is 21.3 Å². The van der Waals surface area contributed by atoms with Gasteiger partial charge in [-0.15, -0.1) is 10.2 Å². The number of rotatable bonds is 13. The number of aromatic amines is 1. The Morgan fingerprint density at radius 3 is 2.25 bits per heavy atom. The number of amides is 4. The van der Waals surface area contributed by atoms with E-state index >= 15 is 0 Å². The van der Waals surface area contributed by atoms with E-state index in [1.54, 1.807) is 24.3 Å². The molecule has 194 valence electrons. The van der Waals surface area contributed by atoms with Crippen molar-refractivity contribution < 1.29 is 32.3 Å². The van der Waals surface area contributed by atoms with Crippen molar-refractivity contribution in [1.82, 2.24) is 41.9 Å². The van der Waals surface area contributed by atoms with Crippen LogP contribution in [0.15, 0.2) is 41.8 Å². The van der Waals surface area contributed by atoms with E-state index in [1.807, 2.05) is 6.07 Å². The largest absolute Gasteiger partial charge is 0.445 e. The van der Waals surface area contributed by atoms with Gasteiger partial charge in [-0.1, -0.05) is 41.6 Å². The van der Waals surface area contributed by atoms with Gasteiger partial charge in [0.15, 0.2) is 15.7 Å². The highest BCUT2D eigenvalue weighted by Gasteiger charge is 2.15. The number of hydrogen-bond acceptors (Lipinski definition) is 10. The normalized spacial score (nSPS) is 11.9. The molecule has 16 heteroatoms. The molecule has 0 aliphatic rings. The van der Waals surface area contributed by atoms with Gasteiger partial charge in [-0.25, -0.2) is 13.2 Å². The summed E-state index contributed by atoms with van der Waals surface area (Å²) in [6, 6.07) is 8.19. The molecule has 1 heterocycles. The molecule has 0 aliphatic carbocycles. The highest BCUT2D eigenvalue weighted by atomic mass is 32.2. The summed E-state index contributed by atoms with van der Waals surface area (Å²) < 4.78 is 27.7. The van der Waals surface area contributed by atoms with Crippen molar-refractivity contribution in [3.05, 3.63) is 53.2 Å². The highest BCUT2D eigenvalue weighted by Crippen LogP contribution is 2.00. The lowest BCUT2D eigenvalue weighted by Crippen LogP contribution is -2.46. The van der Waals surface area contributed by atoms with Crippen LogP contribution in [0.1, 0.15) is 11.4 Å². The SMILES string of the molecule is CS(=O)(=O)/C=C/[C@H](Cc1nn[nH]n1)NC(=O)CNC(=O)CNC(=O)CNC(=O)OCc1ccccc1. The van der Waals surface area contributed by atoms with E-state index in [1.165, 1.54) is 6.08 Å². The second-order valence-electron chi connectivity index (χ2n) is 7.33. The minimum atomic E-state index is -3.44. The van der Waals surface area contributed by atoms with Gasteiger partial charge in [0.05, 0.1) is 19.1 Å². The molecule has 36 heavy (non-hydrogen) atoms. The van der Waals surface area contributed by atoms with E-state index in [-0.39, 0.29) is 18.9 Å².